The Labute approximate surface area is 178 Å². The summed E-state index contributed by atoms with van der Waals surface area (Å²) in [4.78, 5) is 35.3. The molecule has 8 heteroatoms. The zero-order valence-corrected chi connectivity index (χ0v) is 16.8. The van der Waals surface area contributed by atoms with Crippen LogP contribution in [0.15, 0.2) is 77.7 Å². The number of pyridine rings is 1. The van der Waals surface area contributed by atoms with Crippen LogP contribution in [0, 0.1) is 0 Å². The first-order valence-electron chi connectivity index (χ1n) is 9.84. The Bertz CT molecular complexity index is 1200. The molecule has 0 saturated carbocycles. The molecule has 0 aliphatic carbocycles. The van der Waals surface area contributed by atoms with E-state index in [-0.39, 0.29) is 24.0 Å². The third-order valence-electron chi connectivity index (χ3n) is 4.61. The number of aromatic nitrogens is 3. The Kier molecular flexibility index (Phi) is 5.89. The summed E-state index contributed by atoms with van der Waals surface area (Å²) in [6, 6.07) is 21.2. The van der Waals surface area contributed by atoms with Crippen LogP contribution in [-0.2, 0) is 4.74 Å². The lowest BCUT2D eigenvalue weighted by Crippen LogP contribution is -2.18. The van der Waals surface area contributed by atoms with Crippen molar-refractivity contribution < 1.29 is 9.53 Å². The predicted octanol–water partition coefficient (Wildman–Crippen LogP) is 4.09. The summed E-state index contributed by atoms with van der Waals surface area (Å²) in [5.74, 6) is 0.648. The number of nitrogens with zero attached hydrogens (tertiary/aromatic N) is 2. The number of fused-ring (bicyclic) bond motifs is 1. The van der Waals surface area contributed by atoms with Gasteiger partial charge in [0.05, 0.1) is 24.4 Å². The van der Waals surface area contributed by atoms with E-state index in [1.165, 1.54) is 6.20 Å². The van der Waals surface area contributed by atoms with Crippen molar-refractivity contribution in [1.29, 1.82) is 0 Å². The van der Waals surface area contributed by atoms with Crippen molar-refractivity contribution in [1.82, 2.24) is 15.0 Å². The smallest absolute Gasteiger partial charge is 0.412 e. The molecule has 3 N–H and O–H groups in total. The number of hydrogen-bond donors (Lipinski definition) is 3. The maximum Gasteiger partial charge on any atom is 0.412 e. The third kappa shape index (κ3) is 4.69. The molecule has 0 spiro atoms. The topological polar surface area (TPSA) is 109 Å². The van der Waals surface area contributed by atoms with Gasteiger partial charge in [-0.3, -0.25) is 10.1 Å². The van der Waals surface area contributed by atoms with Crippen molar-refractivity contribution in [3.8, 4) is 0 Å². The monoisotopic (exact) mass is 415 g/mol. The summed E-state index contributed by atoms with van der Waals surface area (Å²) in [6.07, 6.45) is 0.572. The summed E-state index contributed by atoms with van der Waals surface area (Å²) in [7, 11) is 0. The van der Waals surface area contributed by atoms with E-state index in [0.717, 1.165) is 11.1 Å². The van der Waals surface area contributed by atoms with Gasteiger partial charge < -0.3 is 15.0 Å². The van der Waals surface area contributed by atoms with Gasteiger partial charge in [-0.1, -0.05) is 60.7 Å². The maximum absolute atomic E-state index is 11.9. The largest absolute Gasteiger partial charge is 0.450 e. The highest BCUT2D eigenvalue weighted by Gasteiger charge is 2.18. The zero-order valence-electron chi connectivity index (χ0n) is 16.8. The third-order valence-corrected chi connectivity index (χ3v) is 4.61. The van der Waals surface area contributed by atoms with Crippen LogP contribution >= 0.6 is 0 Å². The molecule has 4 aromatic rings. The highest BCUT2D eigenvalue weighted by molar-refractivity contribution is 5.91. The number of rotatable bonds is 6. The molecule has 0 aliphatic heterocycles. The van der Waals surface area contributed by atoms with Gasteiger partial charge in [0.2, 0.25) is 0 Å². The second-order valence-corrected chi connectivity index (χ2v) is 6.74. The van der Waals surface area contributed by atoms with Crippen molar-refractivity contribution in [2.75, 3.05) is 17.2 Å². The Morgan fingerprint density at radius 1 is 1.06 bits per heavy atom. The van der Waals surface area contributed by atoms with Crippen LogP contribution in [0.3, 0.4) is 0 Å². The normalized spacial score (nSPS) is 10.8. The molecule has 0 unspecified atom stereocenters. The van der Waals surface area contributed by atoms with Crippen molar-refractivity contribution in [3.05, 3.63) is 94.4 Å². The van der Waals surface area contributed by atoms with Gasteiger partial charge in [-0.25, -0.2) is 14.8 Å². The van der Waals surface area contributed by atoms with Gasteiger partial charge >= 0.3 is 6.09 Å². The fourth-order valence-electron chi connectivity index (χ4n) is 3.28. The van der Waals surface area contributed by atoms with E-state index in [1.54, 1.807) is 13.0 Å². The lowest BCUT2D eigenvalue weighted by Gasteiger charge is -2.21. The minimum Gasteiger partial charge on any atom is -0.450 e. The summed E-state index contributed by atoms with van der Waals surface area (Å²) >= 11 is 0. The van der Waals surface area contributed by atoms with Crippen molar-refractivity contribution in [2.24, 2.45) is 0 Å². The molecule has 0 saturated heterocycles. The fourth-order valence-corrected chi connectivity index (χ4v) is 3.28. The van der Waals surface area contributed by atoms with Crippen molar-refractivity contribution in [2.45, 2.75) is 13.0 Å². The van der Waals surface area contributed by atoms with Crippen LogP contribution < -0.4 is 16.2 Å². The molecule has 4 rings (SSSR count). The van der Waals surface area contributed by atoms with Gasteiger partial charge in [0.15, 0.2) is 5.82 Å². The number of anilines is 2. The first-order chi connectivity index (χ1) is 15.1. The predicted molar refractivity (Wildman–Crippen MR) is 119 cm³/mol. The molecular formula is C23H21N5O3. The molecular weight excluding hydrogens is 394 g/mol. The number of carbonyl (C=O) groups is 1. The highest BCUT2D eigenvalue weighted by Crippen LogP contribution is 2.29. The van der Waals surface area contributed by atoms with E-state index in [0.29, 0.717) is 16.9 Å². The first kappa shape index (κ1) is 20.1. The fraction of sp³-hybridized carbons (Fsp3) is 0.130. The molecule has 2 aromatic heterocycles. The molecule has 31 heavy (non-hydrogen) atoms. The molecule has 0 bridgehead atoms. The van der Waals surface area contributed by atoms with E-state index in [2.05, 4.69) is 25.6 Å². The molecule has 156 valence electrons. The lowest BCUT2D eigenvalue weighted by molar-refractivity contribution is 0.168. The second kappa shape index (κ2) is 9.08. The van der Waals surface area contributed by atoms with Gasteiger partial charge in [0.25, 0.3) is 5.56 Å². The standard InChI is InChI=1S/C23H21N5O3/c1-2-31-23(30)27-18-13-17-21(24-14-19(29)25-17)22(26-18)28-20(15-9-5-3-6-10-15)16-11-7-4-8-12-16/h3-14,20H,2H2,1H3,(H,25,29)(H2,26,27,28,30). The molecule has 0 fully saturated rings. The summed E-state index contributed by atoms with van der Waals surface area (Å²) in [6.45, 7) is 1.94. The number of carbonyl (C=O) groups excluding carboxylic acids is 1. The van der Waals surface area contributed by atoms with Crippen LogP contribution in [0.1, 0.15) is 24.1 Å². The first-order valence-corrected chi connectivity index (χ1v) is 9.84. The molecule has 2 heterocycles. The molecule has 1 amide bonds. The SMILES string of the molecule is CCOC(=O)Nc1cc2[nH]c(=O)cnc2c(NC(c2ccccc2)c2ccccc2)n1. The average molecular weight is 415 g/mol. The van der Waals surface area contributed by atoms with Crippen molar-refractivity contribution in [3.63, 3.8) is 0 Å². The van der Waals surface area contributed by atoms with Crippen molar-refractivity contribution >= 4 is 28.8 Å². The maximum atomic E-state index is 11.9. The van der Waals surface area contributed by atoms with Crippen LogP contribution in [0.4, 0.5) is 16.4 Å². The minimum absolute atomic E-state index is 0.229. The lowest BCUT2D eigenvalue weighted by atomic mass is 9.98. The summed E-state index contributed by atoms with van der Waals surface area (Å²) in [5.41, 5.74) is 2.62. The molecule has 0 radical (unpaired) electrons. The number of ether oxygens (including phenoxy) is 1. The Morgan fingerprint density at radius 2 is 1.71 bits per heavy atom. The quantitative estimate of drug-likeness (QED) is 0.438. The number of aromatic amines is 1. The Balaban J connectivity index is 1.80. The summed E-state index contributed by atoms with van der Waals surface area (Å²) in [5, 5.41) is 6.02. The Morgan fingerprint density at radius 3 is 2.32 bits per heavy atom. The van der Waals surface area contributed by atoms with E-state index in [4.69, 9.17) is 4.74 Å². The van der Waals surface area contributed by atoms with Crippen LogP contribution in [0.5, 0.6) is 0 Å². The highest BCUT2D eigenvalue weighted by atomic mass is 16.5. The van der Waals surface area contributed by atoms with Crippen LogP contribution in [0.2, 0.25) is 0 Å². The average Bonchev–Trinajstić information content (AvgIpc) is 2.78. The number of nitrogens with one attached hydrogen (secondary N) is 3. The molecule has 8 nitrogen and oxygen atoms in total. The van der Waals surface area contributed by atoms with E-state index >= 15 is 0 Å². The molecule has 0 atom stereocenters. The molecule has 2 aromatic carbocycles. The number of H-pyrrole nitrogens is 1. The second-order valence-electron chi connectivity index (χ2n) is 6.74. The number of amides is 1. The van der Waals surface area contributed by atoms with Gasteiger partial charge in [-0.2, -0.15) is 0 Å². The van der Waals surface area contributed by atoms with Crippen LogP contribution in [-0.4, -0.2) is 27.7 Å². The van der Waals surface area contributed by atoms with E-state index in [1.807, 2.05) is 60.7 Å². The van der Waals surface area contributed by atoms with E-state index in [9.17, 15) is 9.59 Å². The van der Waals surface area contributed by atoms with Gasteiger partial charge in [0, 0.05) is 6.07 Å². The Hall–Kier alpha value is -4.20. The van der Waals surface area contributed by atoms with Gasteiger partial charge in [-0.05, 0) is 18.1 Å². The van der Waals surface area contributed by atoms with E-state index < -0.39 is 6.09 Å². The molecule has 0 aliphatic rings. The van der Waals surface area contributed by atoms with Gasteiger partial charge in [-0.15, -0.1) is 0 Å². The number of benzene rings is 2. The van der Waals surface area contributed by atoms with Gasteiger partial charge in [0.1, 0.15) is 11.3 Å². The minimum atomic E-state index is -0.630. The number of hydrogen-bond acceptors (Lipinski definition) is 6. The van der Waals surface area contributed by atoms with Crippen LogP contribution in [0.25, 0.3) is 11.0 Å². The zero-order chi connectivity index (χ0) is 21.6. The summed E-state index contributed by atoms with van der Waals surface area (Å²) < 4.78 is 4.94.